The first-order valence-corrected chi connectivity index (χ1v) is 7.58. The number of halogens is 1. The van der Waals surface area contributed by atoms with Crippen molar-refractivity contribution in [1.82, 2.24) is 0 Å². The third-order valence-electron chi connectivity index (χ3n) is 3.28. The smallest absolute Gasteiger partial charge is 0.199 e. The Morgan fingerprint density at radius 1 is 1.14 bits per heavy atom. The normalized spacial score (nSPS) is 13.7. The molecule has 0 saturated heterocycles. The lowest BCUT2D eigenvalue weighted by Crippen LogP contribution is -2.26. The number of carbonyl (C=O) groups excluding carboxylic acids is 1. The summed E-state index contributed by atoms with van der Waals surface area (Å²) in [4.78, 5) is 12.4. The zero-order valence-electron chi connectivity index (χ0n) is 11.7. The molecule has 2 aromatic rings. The van der Waals surface area contributed by atoms with E-state index in [0.717, 1.165) is 17.3 Å². The van der Waals surface area contributed by atoms with E-state index in [9.17, 15) is 14.3 Å². The van der Waals surface area contributed by atoms with Crippen molar-refractivity contribution >= 4 is 16.9 Å². The Hall–Kier alpha value is -1.65. The molecule has 0 radical (unpaired) electrons. The molecular formula is C17H17FO2S. The molecule has 2 rings (SSSR count). The van der Waals surface area contributed by atoms with E-state index in [1.54, 1.807) is 25.1 Å². The second-order valence-electron chi connectivity index (χ2n) is 4.90. The van der Waals surface area contributed by atoms with Crippen molar-refractivity contribution in [1.29, 1.82) is 0 Å². The van der Waals surface area contributed by atoms with Crippen molar-refractivity contribution in [3.8, 4) is 0 Å². The van der Waals surface area contributed by atoms with Crippen molar-refractivity contribution in [3.63, 3.8) is 0 Å². The van der Waals surface area contributed by atoms with Gasteiger partial charge in [0.05, 0.1) is 16.9 Å². The van der Waals surface area contributed by atoms with Gasteiger partial charge in [-0.3, -0.25) is 4.79 Å². The molecule has 2 atom stereocenters. The van der Waals surface area contributed by atoms with Crippen LogP contribution in [-0.4, -0.2) is 16.3 Å². The number of hydrogen-bond acceptors (Lipinski definition) is 3. The fourth-order valence-electron chi connectivity index (χ4n) is 1.92. The van der Waals surface area contributed by atoms with Gasteiger partial charge in [0.1, 0.15) is 5.82 Å². The number of hydrogen-bond donors (Lipinski definition) is 1. The summed E-state index contributed by atoms with van der Waals surface area (Å²) in [7, 11) is 0. The zero-order chi connectivity index (χ0) is 15.2. The van der Waals surface area contributed by atoms with Crippen LogP contribution in [0.1, 0.15) is 12.5 Å². The Labute approximate surface area is 128 Å². The minimum Gasteiger partial charge on any atom is -0.392 e. The second-order valence-corrected chi connectivity index (χ2v) is 5.94. The minimum absolute atomic E-state index is 0.233. The molecule has 1 N–H and O–H groups in total. The third kappa shape index (κ3) is 4.41. The molecule has 0 saturated carbocycles. The van der Waals surface area contributed by atoms with E-state index in [1.165, 1.54) is 6.07 Å². The van der Waals surface area contributed by atoms with Gasteiger partial charge in [0.15, 0.2) is 5.12 Å². The highest BCUT2D eigenvalue weighted by atomic mass is 32.2. The van der Waals surface area contributed by atoms with Gasteiger partial charge in [0.25, 0.3) is 0 Å². The van der Waals surface area contributed by atoms with Crippen LogP contribution in [0.5, 0.6) is 0 Å². The molecule has 2 aromatic carbocycles. The highest BCUT2D eigenvalue weighted by Crippen LogP contribution is 2.26. The summed E-state index contributed by atoms with van der Waals surface area (Å²) < 4.78 is 13.5. The van der Waals surface area contributed by atoms with Crippen LogP contribution in [0.4, 0.5) is 4.39 Å². The van der Waals surface area contributed by atoms with Crippen LogP contribution in [0.15, 0.2) is 59.5 Å². The minimum atomic E-state index is -0.779. The fourth-order valence-corrected chi connectivity index (χ4v) is 2.79. The van der Waals surface area contributed by atoms with Gasteiger partial charge in [0.2, 0.25) is 0 Å². The highest BCUT2D eigenvalue weighted by Gasteiger charge is 2.23. The van der Waals surface area contributed by atoms with Crippen molar-refractivity contribution in [3.05, 3.63) is 66.0 Å². The van der Waals surface area contributed by atoms with Crippen LogP contribution < -0.4 is 0 Å². The standard InChI is InChI=1S/C17H17FO2S/c1-12(15(19)11-13-7-3-2-4-8-13)17(20)21-16-10-6-5-9-14(16)18/h2-10,12,15,19H,11H2,1H3/t12-,15-/m0/s1. The Balaban J connectivity index is 1.97. The van der Waals surface area contributed by atoms with E-state index < -0.39 is 17.8 Å². The van der Waals surface area contributed by atoms with Crippen molar-refractivity contribution in [2.24, 2.45) is 5.92 Å². The van der Waals surface area contributed by atoms with Crippen LogP contribution in [-0.2, 0) is 11.2 Å². The van der Waals surface area contributed by atoms with E-state index in [-0.39, 0.29) is 5.12 Å². The Morgan fingerprint density at radius 2 is 1.76 bits per heavy atom. The quantitative estimate of drug-likeness (QED) is 0.856. The van der Waals surface area contributed by atoms with Gasteiger partial charge in [-0.1, -0.05) is 49.4 Å². The predicted molar refractivity (Wildman–Crippen MR) is 82.6 cm³/mol. The van der Waals surface area contributed by atoms with E-state index >= 15 is 0 Å². The lowest BCUT2D eigenvalue weighted by atomic mass is 9.99. The maximum absolute atomic E-state index is 13.5. The van der Waals surface area contributed by atoms with Crippen LogP contribution in [0, 0.1) is 11.7 Å². The number of thioether (sulfide) groups is 1. The number of aliphatic hydroxyl groups excluding tert-OH is 1. The van der Waals surface area contributed by atoms with Crippen LogP contribution in [0.25, 0.3) is 0 Å². The molecule has 0 fully saturated rings. The monoisotopic (exact) mass is 304 g/mol. The maximum atomic E-state index is 13.5. The van der Waals surface area contributed by atoms with E-state index in [0.29, 0.717) is 11.3 Å². The average molecular weight is 304 g/mol. The van der Waals surface area contributed by atoms with Gasteiger partial charge < -0.3 is 5.11 Å². The summed E-state index contributed by atoms with van der Waals surface area (Å²) >= 11 is 0.843. The molecule has 21 heavy (non-hydrogen) atoms. The largest absolute Gasteiger partial charge is 0.392 e. The Kier molecular flexibility index (Phi) is 5.53. The number of rotatable bonds is 5. The SMILES string of the molecule is C[C@H](C(=O)Sc1ccccc1F)[C@@H](O)Cc1ccccc1. The molecule has 0 aliphatic rings. The summed E-state index contributed by atoms with van der Waals surface area (Å²) in [5, 5.41) is 9.93. The van der Waals surface area contributed by atoms with E-state index in [1.807, 2.05) is 30.3 Å². The molecular weight excluding hydrogens is 287 g/mol. The van der Waals surface area contributed by atoms with E-state index in [4.69, 9.17) is 0 Å². The first-order valence-electron chi connectivity index (χ1n) is 6.76. The Morgan fingerprint density at radius 3 is 2.43 bits per heavy atom. The highest BCUT2D eigenvalue weighted by molar-refractivity contribution is 8.13. The van der Waals surface area contributed by atoms with Gasteiger partial charge in [0, 0.05) is 0 Å². The molecule has 2 nitrogen and oxygen atoms in total. The molecule has 0 amide bonds. The van der Waals surface area contributed by atoms with Crippen LogP contribution in [0.3, 0.4) is 0 Å². The van der Waals surface area contributed by atoms with Gasteiger partial charge in [-0.05, 0) is 35.9 Å². The molecule has 110 valence electrons. The molecule has 4 heteroatoms. The number of aliphatic hydroxyl groups is 1. The van der Waals surface area contributed by atoms with Crippen LogP contribution in [0.2, 0.25) is 0 Å². The van der Waals surface area contributed by atoms with Crippen LogP contribution >= 0.6 is 11.8 Å². The summed E-state index contributed by atoms with van der Waals surface area (Å²) in [5.41, 5.74) is 0.973. The maximum Gasteiger partial charge on any atom is 0.199 e. The van der Waals surface area contributed by atoms with Gasteiger partial charge >= 0.3 is 0 Å². The van der Waals surface area contributed by atoms with Crippen molar-refractivity contribution in [2.75, 3.05) is 0 Å². The third-order valence-corrected chi connectivity index (χ3v) is 4.41. The van der Waals surface area contributed by atoms with Crippen molar-refractivity contribution < 1.29 is 14.3 Å². The summed E-state index contributed by atoms with van der Waals surface area (Å²) in [6.07, 6.45) is -0.370. The second kappa shape index (κ2) is 7.38. The summed E-state index contributed by atoms with van der Waals surface area (Å²) in [6.45, 7) is 1.67. The lowest BCUT2D eigenvalue weighted by Gasteiger charge is -2.17. The number of carbonyl (C=O) groups is 1. The Bertz CT molecular complexity index is 601. The zero-order valence-corrected chi connectivity index (χ0v) is 12.5. The summed E-state index contributed by atoms with van der Waals surface area (Å²) in [6, 6.07) is 15.6. The van der Waals surface area contributed by atoms with Gasteiger partial charge in [-0.2, -0.15) is 0 Å². The van der Waals surface area contributed by atoms with Gasteiger partial charge in [-0.25, -0.2) is 4.39 Å². The molecule has 0 heterocycles. The average Bonchev–Trinajstić information content (AvgIpc) is 2.49. The van der Waals surface area contributed by atoms with E-state index in [2.05, 4.69) is 0 Å². The molecule has 0 aliphatic carbocycles. The predicted octanol–water partition coefficient (Wildman–Crippen LogP) is 3.68. The molecule has 0 bridgehead atoms. The fraction of sp³-hybridized carbons (Fsp3) is 0.235. The first-order chi connectivity index (χ1) is 10.1. The molecule has 0 aromatic heterocycles. The lowest BCUT2D eigenvalue weighted by molar-refractivity contribution is -0.116. The summed E-state index contributed by atoms with van der Waals surface area (Å²) in [5.74, 6) is -0.976. The topological polar surface area (TPSA) is 37.3 Å². The van der Waals surface area contributed by atoms with Crippen molar-refractivity contribution in [2.45, 2.75) is 24.3 Å². The molecule has 0 spiro atoms. The molecule has 0 aliphatic heterocycles. The number of benzene rings is 2. The van der Waals surface area contributed by atoms with Gasteiger partial charge in [-0.15, -0.1) is 0 Å². The molecule has 0 unspecified atom stereocenters. The first kappa shape index (κ1) is 15.7.